The van der Waals surface area contributed by atoms with E-state index in [9.17, 15) is 0 Å². The van der Waals surface area contributed by atoms with Crippen LogP contribution in [0.1, 0.15) is 36.1 Å². The zero-order valence-electron chi connectivity index (χ0n) is 15.3. The maximum absolute atomic E-state index is 6.28. The van der Waals surface area contributed by atoms with Gasteiger partial charge in [-0.05, 0) is 54.8 Å². The third-order valence-corrected chi connectivity index (χ3v) is 6.68. The van der Waals surface area contributed by atoms with Crippen LogP contribution in [0.4, 0.5) is 5.69 Å². The molecule has 3 nitrogen and oxygen atoms in total. The van der Waals surface area contributed by atoms with Crippen LogP contribution >= 0.6 is 15.9 Å². The van der Waals surface area contributed by atoms with E-state index < -0.39 is 0 Å². The molecule has 140 valence electrons. The lowest BCUT2D eigenvalue weighted by molar-refractivity contribution is -0.0381. The molecule has 0 saturated carbocycles. The monoisotopic (exact) mass is 433 g/mol. The molecule has 2 aliphatic rings. The van der Waals surface area contributed by atoms with E-state index in [2.05, 4.69) is 69.8 Å². The van der Waals surface area contributed by atoms with Gasteiger partial charge < -0.3 is 14.5 Å². The number of hydrogen-bond acceptors (Lipinski definition) is 3. The van der Waals surface area contributed by atoms with E-state index in [4.69, 9.17) is 9.15 Å². The van der Waals surface area contributed by atoms with Gasteiger partial charge in [0.1, 0.15) is 11.2 Å². The maximum atomic E-state index is 6.28. The first-order chi connectivity index (χ1) is 13.8. The fraction of sp³-hybridized carbons (Fsp3) is 0.250. The third kappa shape index (κ3) is 2.51. The van der Waals surface area contributed by atoms with Crippen molar-refractivity contribution < 1.29 is 9.15 Å². The van der Waals surface area contributed by atoms with E-state index in [1.807, 2.05) is 12.1 Å². The first-order valence-electron chi connectivity index (χ1n) is 9.87. The minimum absolute atomic E-state index is 0.143. The van der Waals surface area contributed by atoms with Gasteiger partial charge in [0, 0.05) is 39.0 Å². The van der Waals surface area contributed by atoms with Crippen molar-refractivity contribution in [2.75, 3.05) is 11.9 Å². The second-order valence-electron chi connectivity index (χ2n) is 7.80. The van der Waals surface area contributed by atoms with Crippen molar-refractivity contribution in [3.63, 3.8) is 0 Å². The molecule has 1 N–H and O–H groups in total. The Balaban J connectivity index is 1.49. The summed E-state index contributed by atoms with van der Waals surface area (Å²) in [5.41, 5.74) is 5.63. The zero-order valence-corrected chi connectivity index (χ0v) is 16.9. The Morgan fingerprint density at radius 2 is 1.82 bits per heavy atom. The smallest absolute Gasteiger partial charge is 0.135 e. The summed E-state index contributed by atoms with van der Waals surface area (Å²) in [6.07, 6.45) is 2.42. The third-order valence-electron chi connectivity index (χ3n) is 6.19. The first kappa shape index (κ1) is 16.6. The summed E-state index contributed by atoms with van der Waals surface area (Å²) < 4.78 is 13.4. The van der Waals surface area contributed by atoms with E-state index in [-0.39, 0.29) is 12.1 Å². The number of para-hydroxylation sites is 1. The predicted molar refractivity (Wildman–Crippen MR) is 116 cm³/mol. The Labute approximate surface area is 171 Å². The molecule has 6 rings (SSSR count). The molecule has 1 saturated heterocycles. The van der Waals surface area contributed by atoms with Crippen molar-refractivity contribution in [1.29, 1.82) is 0 Å². The standard InChI is InChI=1S/C24H20BrNO2/c25-15-8-9-20-19(13-15)24-17(5-3-11-27-24)23(26-20)14-7-10-22-18(12-14)16-4-1-2-6-21(16)28-22/h1-2,4,6-10,12-13,17,23-24,26H,3,5,11H2/t17-,23+,24-/m1/s1. The molecule has 0 unspecified atom stereocenters. The number of nitrogens with one attached hydrogen (secondary N) is 1. The minimum Gasteiger partial charge on any atom is -0.456 e. The highest BCUT2D eigenvalue weighted by Crippen LogP contribution is 2.50. The van der Waals surface area contributed by atoms with Crippen LogP contribution in [0, 0.1) is 5.92 Å². The average Bonchev–Trinajstić information content (AvgIpc) is 3.11. The van der Waals surface area contributed by atoms with Gasteiger partial charge in [-0.25, -0.2) is 0 Å². The highest BCUT2D eigenvalue weighted by atomic mass is 79.9. The van der Waals surface area contributed by atoms with Crippen molar-refractivity contribution >= 4 is 43.6 Å². The molecule has 0 aliphatic carbocycles. The van der Waals surface area contributed by atoms with Gasteiger partial charge in [0.05, 0.1) is 12.1 Å². The molecule has 1 fully saturated rings. The fourth-order valence-corrected chi connectivity index (χ4v) is 5.29. The molecule has 0 bridgehead atoms. The van der Waals surface area contributed by atoms with Crippen molar-refractivity contribution in [3.8, 4) is 0 Å². The Hall–Kier alpha value is -2.30. The van der Waals surface area contributed by atoms with E-state index in [0.29, 0.717) is 5.92 Å². The molecule has 28 heavy (non-hydrogen) atoms. The summed E-state index contributed by atoms with van der Waals surface area (Å²) in [6.45, 7) is 0.839. The Bertz CT molecular complexity index is 1200. The Kier molecular flexibility index (Phi) is 3.78. The van der Waals surface area contributed by atoms with Crippen LogP contribution < -0.4 is 5.32 Å². The number of ether oxygens (including phenoxy) is 1. The molecule has 4 heteroatoms. The topological polar surface area (TPSA) is 34.4 Å². The number of furan rings is 1. The van der Waals surface area contributed by atoms with Gasteiger partial charge in [-0.15, -0.1) is 0 Å². The van der Waals surface area contributed by atoms with E-state index >= 15 is 0 Å². The van der Waals surface area contributed by atoms with Gasteiger partial charge in [0.25, 0.3) is 0 Å². The summed E-state index contributed by atoms with van der Waals surface area (Å²) in [5.74, 6) is 0.422. The predicted octanol–water partition coefficient (Wildman–Crippen LogP) is 6.98. The first-order valence-corrected chi connectivity index (χ1v) is 10.7. The van der Waals surface area contributed by atoms with Gasteiger partial charge >= 0.3 is 0 Å². The molecular weight excluding hydrogens is 414 g/mol. The van der Waals surface area contributed by atoms with Crippen molar-refractivity contribution in [3.05, 3.63) is 76.3 Å². The Morgan fingerprint density at radius 3 is 2.79 bits per heavy atom. The highest BCUT2D eigenvalue weighted by molar-refractivity contribution is 9.10. The summed E-state index contributed by atoms with van der Waals surface area (Å²) in [5, 5.41) is 6.17. The molecule has 0 radical (unpaired) electrons. The second kappa shape index (κ2) is 6.36. The minimum atomic E-state index is 0.143. The zero-order chi connectivity index (χ0) is 18.7. The van der Waals surface area contributed by atoms with Crippen LogP contribution in [-0.2, 0) is 4.74 Å². The number of halogens is 1. The van der Waals surface area contributed by atoms with Crippen LogP contribution in [0.15, 0.2) is 69.6 Å². The molecule has 0 amide bonds. The van der Waals surface area contributed by atoms with Gasteiger partial charge in [-0.3, -0.25) is 0 Å². The van der Waals surface area contributed by atoms with Crippen LogP contribution in [0.5, 0.6) is 0 Å². The molecule has 3 heterocycles. The SMILES string of the molecule is Brc1ccc2c(c1)[C@@H]1OCCC[C@@H]1[C@H](c1ccc3oc4ccccc4c3c1)N2. The quantitative estimate of drug-likeness (QED) is 0.351. The summed E-state index contributed by atoms with van der Waals surface area (Å²) >= 11 is 3.62. The van der Waals surface area contributed by atoms with E-state index in [0.717, 1.165) is 28.7 Å². The van der Waals surface area contributed by atoms with Crippen LogP contribution in [0.3, 0.4) is 0 Å². The van der Waals surface area contributed by atoms with E-state index in [1.54, 1.807) is 0 Å². The summed E-state index contributed by atoms with van der Waals surface area (Å²) in [7, 11) is 0. The van der Waals surface area contributed by atoms with Crippen LogP contribution in [0.2, 0.25) is 0 Å². The molecule has 2 aliphatic heterocycles. The van der Waals surface area contributed by atoms with Crippen molar-refractivity contribution in [2.45, 2.75) is 25.0 Å². The molecule has 1 aromatic heterocycles. The molecule has 3 aromatic carbocycles. The van der Waals surface area contributed by atoms with Crippen molar-refractivity contribution in [2.24, 2.45) is 5.92 Å². The number of benzene rings is 3. The second-order valence-corrected chi connectivity index (χ2v) is 8.72. The van der Waals surface area contributed by atoms with E-state index in [1.165, 1.54) is 34.0 Å². The Morgan fingerprint density at radius 1 is 0.929 bits per heavy atom. The number of fused-ring (bicyclic) bond motifs is 6. The highest BCUT2D eigenvalue weighted by Gasteiger charge is 2.40. The van der Waals surface area contributed by atoms with Crippen molar-refractivity contribution in [1.82, 2.24) is 0 Å². The maximum Gasteiger partial charge on any atom is 0.135 e. The molecule has 3 atom stereocenters. The number of anilines is 1. The average molecular weight is 434 g/mol. The largest absolute Gasteiger partial charge is 0.456 e. The summed E-state index contributed by atoms with van der Waals surface area (Å²) in [6, 6.07) is 21.6. The van der Waals surface area contributed by atoms with Gasteiger partial charge in [0.15, 0.2) is 0 Å². The molecule has 4 aromatic rings. The lowest BCUT2D eigenvalue weighted by Gasteiger charge is -2.43. The number of hydrogen-bond donors (Lipinski definition) is 1. The van der Waals surface area contributed by atoms with Crippen LogP contribution in [0.25, 0.3) is 21.9 Å². The van der Waals surface area contributed by atoms with Crippen LogP contribution in [-0.4, -0.2) is 6.61 Å². The molecular formula is C24H20BrNO2. The van der Waals surface area contributed by atoms with Gasteiger partial charge in [0.2, 0.25) is 0 Å². The lowest BCUT2D eigenvalue weighted by atomic mass is 9.77. The number of rotatable bonds is 1. The fourth-order valence-electron chi connectivity index (χ4n) is 4.91. The lowest BCUT2D eigenvalue weighted by Crippen LogP contribution is -2.36. The van der Waals surface area contributed by atoms with Gasteiger partial charge in [-0.2, -0.15) is 0 Å². The molecule has 0 spiro atoms. The van der Waals surface area contributed by atoms with Gasteiger partial charge in [-0.1, -0.05) is 40.2 Å². The summed E-state index contributed by atoms with van der Waals surface area (Å²) in [4.78, 5) is 0. The normalized spacial score (nSPS) is 24.0.